The summed E-state index contributed by atoms with van der Waals surface area (Å²) in [7, 11) is -2.26. The molecule has 0 nitrogen and oxygen atoms in total. The van der Waals surface area contributed by atoms with Crippen molar-refractivity contribution in [2.24, 2.45) is 0 Å². The molecule has 32 heavy (non-hydrogen) atoms. The fourth-order valence-corrected chi connectivity index (χ4v) is 12.5. The molecule has 0 fully saturated rings. The second-order valence-corrected chi connectivity index (χ2v) is 13.9. The molecule has 0 radical (unpaired) electrons. The van der Waals surface area contributed by atoms with Gasteiger partial charge in [0.15, 0.2) is 8.07 Å². The largest absolute Gasteiger partial charge is 0.181 e. The fraction of sp³-hybridized carbons (Fsp3) is 0.267. The normalized spacial score (nSPS) is 13.7. The Morgan fingerprint density at radius 2 is 1.22 bits per heavy atom. The monoisotopic (exact) mass is 452 g/mol. The first-order valence-electron chi connectivity index (χ1n) is 12.2. The first-order chi connectivity index (χ1) is 15.9. The molecule has 0 unspecified atom stereocenters. The van der Waals surface area contributed by atoms with Crippen LogP contribution < -0.4 is 20.7 Å². The molecule has 4 aromatic rings. The predicted molar refractivity (Wildman–Crippen MR) is 144 cm³/mol. The lowest BCUT2D eigenvalue weighted by molar-refractivity contribution is 0.609. The number of aryl methyl sites for hydroxylation is 1. The minimum atomic E-state index is -2.26. The summed E-state index contributed by atoms with van der Waals surface area (Å²) < 4.78 is 0. The van der Waals surface area contributed by atoms with E-state index in [1.807, 2.05) is 0 Å². The van der Waals surface area contributed by atoms with Crippen molar-refractivity contribution < 1.29 is 0 Å². The molecule has 0 bridgehead atoms. The van der Waals surface area contributed by atoms with E-state index in [1.165, 1.54) is 65.8 Å². The van der Waals surface area contributed by atoms with Gasteiger partial charge in [0.05, 0.1) is 0 Å². The van der Waals surface area contributed by atoms with E-state index in [-0.39, 0.29) is 0 Å². The van der Waals surface area contributed by atoms with Gasteiger partial charge in [-0.25, -0.2) is 0 Å². The molecule has 5 rings (SSSR count). The Balaban J connectivity index is 1.59. The summed E-state index contributed by atoms with van der Waals surface area (Å²) in [5, 5.41) is 6.18. The minimum Gasteiger partial charge on any atom is -0.140 e. The van der Waals surface area contributed by atoms with Gasteiger partial charge >= 0.3 is 0 Å². The van der Waals surface area contributed by atoms with Gasteiger partial charge in [-0.1, -0.05) is 124 Å². The Bertz CT molecular complexity index is 1120. The summed E-state index contributed by atoms with van der Waals surface area (Å²) in [6.45, 7) is 2.29. The molecule has 1 aliphatic rings. The standard InChI is InChI=1S/C30H32SSi/c1-2-3-4-5-6-9-16-24-23-29-30(31-24)27-21-14-15-22-28(27)32(29,25-17-10-7-11-18-25)26-19-12-8-13-20-26/h7-8,10-15,17-23H,2-6,9,16H2,1H3. The zero-order chi connectivity index (χ0) is 21.8. The molecule has 0 saturated heterocycles. The zero-order valence-electron chi connectivity index (χ0n) is 19.0. The Labute approximate surface area is 198 Å². The lowest BCUT2D eigenvalue weighted by Crippen LogP contribution is -2.72. The van der Waals surface area contributed by atoms with E-state index in [4.69, 9.17) is 0 Å². The van der Waals surface area contributed by atoms with Crippen LogP contribution in [-0.2, 0) is 6.42 Å². The molecule has 1 aliphatic heterocycles. The number of hydrogen-bond donors (Lipinski definition) is 0. The van der Waals surface area contributed by atoms with E-state index in [0.717, 1.165) is 0 Å². The predicted octanol–water partition coefficient (Wildman–Crippen LogP) is 6.01. The maximum Gasteiger partial charge on any atom is 0.181 e. The van der Waals surface area contributed by atoms with E-state index in [1.54, 1.807) is 15.3 Å². The lowest BCUT2D eigenvalue weighted by Gasteiger charge is -2.30. The van der Waals surface area contributed by atoms with Crippen LogP contribution in [-0.4, -0.2) is 8.07 Å². The Morgan fingerprint density at radius 3 is 1.91 bits per heavy atom. The minimum absolute atomic E-state index is 1.22. The van der Waals surface area contributed by atoms with Gasteiger partial charge in [0.2, 0.25) is 0 Å². The topological polar surface area (TPSA) is 0 Å². The number of hydrogen-bond acceptors (Lipinski definition) is 1. The molecule has 1 aromatic heterocycles. The van der Waals surface area contributed by atoms with Crippen molar-refractivity contribution >= 4 is 40.2 Å². The maximum atomic E-state index is 2.60. The van der Waals surface area contributed by atoms with Crippen molar-refractivity contribution in [1.82, 2.24) is 0 Å². The molecular formula is C30H32SSi. The van der Waals surface area contributed by atoms with Gasteiger partial charge < -0.3 is 0 Å². The summed E-state index contributed by atoms with van der Waals surface area (Å²) in [6.07, 6.45) is 9.38. The van der Waals surface area contributed by atoms with Crippen LogP contribution in [0.2, 0.25) is 0 Å². The molecule has 0 amide bonds. The number of benzene rings is 3. The van der Waals surface area contributed by atoms with Crippen LogP contribution in [0.4, 0.5) is 0 Å². The van der Waals surface area contributed by atoms with Gasteiger partial charge in [0.25, 0.3) is 0 Å². The Morgan fingerprint density at radius 1 is 0.625 bits per heavy atom. The van der Waals surface area contributed by atoms with Crippen molar-refractivity contribution in [3.8, 4) is 10.4 Å². The van der Waals surface area contributed by atoms with Crippen LogP contribution in [0, 0.1) is 0 Å². The van der Waals surface area contributed by atoms with Crippen LogP contribution in [0.25, 0.3) is 10.4 Å². The second kappa shape index (κ2) is 9.60. The highest BCUT2D eigenvalue weighted by Gasteiger charge is 2.49. The van der Waals surface area contributed by atoms with Gasteiger partial charge in [-0.05, 0) is 45.2 Å². The highest BCUT2D eigenvalue weighted by molar-refractivity contribution is 7.28. The first-order valence-corrected chi connectivity index (χ1v) is 15.0. The smallest absolute Gasteiger partial charge is 0.140 e. The summed E-state index contributed by atoms with van der Waals surface area (Å²) in [5.74, 6) is 0. The highest BCUT2D eigenvalue weighted by Crippen LogP contribution is 2.35. The molecule has 2 heteroatoms. The van der Waals surface area contributed by atoms with E-state index >= 15 is 0 Å². The van der Waals surface area contributed by atoms with Crippen molar-refractivity contribution in [2.45, 2.75) is 51.9 Å². The average molecular weight is 453 g/mol. The van der Waals surface area contributed by atoms with Crippen molar-refractivity contribution in [3.63, 3.8) is 0 Å². The van der Waals surface area contributed by atoms with Gasteiger partial charge in [0.1, 0.15) is 0 Å². The molecule has 0 N–H and O–H groups in total. The van der Waals surface area contributed by atoms with Crippen molar-refractivity contribution in [1.29, 1.82) is 0 Å². The van der Waals surface area contributed by atoms with Gasteiger partial charge in [-0.15, -0.1) is 11.3 Å². The molecule has 0 spiro atoms. The number of unbranched alkanes of at least 4 members (excludes halogenated alkanes) is 5. The molecule has 0 aliphatic carbocycles. The summed E-state index contributed by atoms with van der Waals surface area (Å²) >= 11 is 2.06. The van der Waals surface area contributed by atoms with Gasteiger partial charge in [-0.3, -0.25) is 0 Å². The van der Waals surface area contributed by atoms with Crippen LogP contribution in [0.3, 0.4) is 0 Å². The molecule has 0 atom stereocenters. The Hall–Kier alpha value is -2.42. The van der Waals surface area contributed by atoms with Crippen molar-refractivity contribution in [3.05, 3.63) is 95.9 Å². The average Bonchev–Trinajstić information content (AvgIpc) is 3.38. The van der Waals surface area contributed by atoms with Crippen LogP contribution in [0.15, 0.2) is 91.0 Å². The molecule has 0 saturated carbocycles. The van der Waals surface area contributed by atoms with Crippen molar-refractivity contribution in [2.75, 3.05) is 0 Å². The molecule has 162 valence electrons. The summed E-state index contributed by atoms with van der Waals surface area (Å²) in [5.41, 5.74) is 1.47. The Kier molecular flexibility index (Phi) is 6.43. The molecule has 3 aromatic carbocycles. The number of thiophene rings is 1. The van der Waals surface area contributed by atoms with E-state index in [9.17, 15) is 0 Å². The number of fused-ring (bicyclic) bond motifs is 3. The zero-order valence-corrected chi connectivity index (χ0v) is 20.8. The van der Waals surface area contributed by atoms with Gasteiger partial charge in [-0.2, -0.15) is 0 Å². The SMILES string of the molecule is CCCCCCCCc1cc2c(s1)-c1ccccc1[Si]2(c1ccccc1)c1ccccc1. The summed E-state index contributed by atoms with van der Waals surface area (Å²) in [6, 6.07) is 34.5. The van der Waals surface area contributed by atoms with Crippen LogP contribution in [0.1, 0.15) is 50.3 Å². The quantitative estimate of drug-likeness (QED) is 0.190. The third-order valence-corrected chi connectivity index (χ3v) is 13.2. The third kappa shape index (κ3) is 3.70. The fourth-order valence-electron chi connectivity index (χ4n) is 5.44. The van der Waals surface area contributed by atoms with E-state index in [2.05, 4.69) is 109 Å². The molecule has 2 heterocycles. The highest BCUT2D eigenvalue weighted by atomic mass is 32.1. The first kappa shape index (κ1) is 21.4. The molecular weight excluding hydrogens is 420 g/mol. The maximum absolute atomic E-state index is 2.60. The summed E-state index contributed by atoms with van der Waals surface area (Å²) in [4.78, 5) is 3.10. The van der Waals surface area contributed by atoms with Crippen LogP contribution in [0.5, 0.6) is 0 Å². The lowest BCUT2D eigenvalue weighted by atomic mass is 10.1. The number of rotatable bonds is 9. The third-order valence-electron chi connectivity index (χ3n) is 6.95. The van der Waals surface area contributed by atoms with Crippen LogP contribution >= 0.6 is 11.3 Å². The van der Waals surface area contributed by atoms with E-state index in [0.29, 0.717) is 0 Å². The van der Waals surface area contributed by atoms with Gasteiger partial charge in [0, 0.05) is 9.75 Å². The van der Waals surface area contributed by atoms with E-state index < -0.39 is 8.07 Å². The second-order valence-electron chi connectivity index (χ2n) is 9.00.